The van der Waals surface area contributed by atoms with Crippen LogP contribution in [-0.4, -0.2) is 11.1 Å². The van der Waals surface area contributed by atoms with Crippen molar-refractivity contribution < 1.29 is 4.79 Å². The lowest BCUT2D eigenvalue weighted by Crippen LogP contribution is -2.15. The Balaban J connectivity index is 2.84. The molecule has 0 aliphatic rings. The Labute approximate surface area is 104 Å². The topological polar surface area (TPSA) is 42.3 Å². The summed E-state index contributed by atoms with van der Waals surface area (Å²) in [5.41, 5.74) is 0.789. The van der Waals surface area contributed by atoms with Crippen molar-refractivity contribution in [1.29, 1.82) is 0 Å². The Morgan fingerprint density at radius 1 is 1.35 bits per heavy atom. The summed E-state index contributed by atoms with van der Waals surface area (Å²) in [5, 5.41) is 1.53. The standard InChI is InChI=1S/C13H11ClN2O/c1-13(2,16-8-17)11-10(14)6-5-9-4-3-7-15-12(9)11/h3-7H,1-2H3. The fourth-order valence-electron chi connectivity index (χ4n) is 1.87. The highest BCUT2D eigenvalue weighted by Gasteiger charge is 2.25. The Morgan fingerprint density at radius 2 is 2.12 bits per heavy atom. The molecule has 1 aromatic carbocycles. The number of halogens is 1. The minimum Gasteiger partial charge on any atom is -0.256 e. The van der Waals surface area contributed by atoms with E-state index >= 15 is 0 Å². The predicted molar refractivity (Wildman–Crippen MR) is 67.9 cm³/mol. The fraction of sp³-hybridized carbons (Fsp3) is 0.231. The minimum atomic E-state index is -0.729. The third kappa shape index (κ3) is 2.07. The number of nitrogens with zero attached hydrogens (tertiary/aromatic N) is 2. The molecule has 0 bridgehead atoms. The van der Waals surface area contributed by atoms with Crippen molar-refractivity contribution in [3.05, 3.63) is 41.0 Å². The van der Waals surface area contributed by atoms with Crippen LogP contribution in [0.5, 0.6) is 0 Å². The van der Waals surface area contributed by atoms with E-state index in [2.05, 4.69) is 9.98 Å². The summed E-state index contributed by atoms with van der Waals surface area (Å²) in [6.45, 7) is 3.63. The van der Waals surface area contributed by atoms with Crippen LogP contribution in [0.1, 0.15) is 19.4 Å². The van der Waals surface area contributed by atoms with Gasteiger partial charge in [0.15, 0.2) is 0 Å². The summed E-state index contributed by atoms with van der Waals surface area (Å²) >= 11 is 6.19. The van der Waals surface area contributed by atoms with Crippen LogP contribution in [0.15, 0.2) is 35.5 Å². The summed E-state index contributed by atoms with van der Waals surface area (Å²) < 4.78 is 0. The number of aliphatic imine (C=N–C) groups is 1. The van der Waals surface area contributed by atoms with Gasteiger partial charge in [-0.25, -0.2) is 4.79 Å². The van der Waals surface area contributed by atoms with Crippen molar-refractivity contribution in [2.45, 2.75) is 19.4 Å². The van der Waals surface area contributed by atoms with Crippen molar-refractivity contribution in [2.75, 3.05) is 0 Å². The number of fused-ring (bicyclic) bond motifs is 1. The molecular formula is C13H11ClN2O. The fourth-order valence-corrected chi connectivity index (χ4v) is 2.26. The van der Waals surface area contributed by atoms with Crippen molar-refractivity contribution in [1.82, 2.24) is 4.98 Å². The molecular weight excluding hydrogens is 236 g/mol. The molecule has 0 atom stereocenters. The van der Waals surface area contributed by atoms with Gasteiger partial charge >= 0.3 is 0 Å². The van der Waals surface area contributed by atoms with Crippen LogP contribution in [0, 0.1) is 0 Å². The van der Waals surface area contributed by atoms with Gasteiger partial charge in [0.1, 0.15) is 0 Å². The first-order chi connectivity index (χ1) is 8.06. The molecule has 0 unspecified atom stereocenters. The number of hydrogen-bond donors (Lipinski definition) is 0. The molecule has 1 heterocycles. The zero-order valence-electron chi connectivity index (χ0n) is 9.57. The molecule has 3 nitrogen and oxygen atoms in total. The molecule has 0 amide bonds. The van der Waals surface area contributed by atoms with Crippen LogP contribution in [0.3, 0.4) is 0 Å². The molecule has 86 valence electrons. The molecule has 0 N–H and O–H groups in total. The average molecular weight is 247 g/mol. The second-order valence-electron chi connectivity index (χ2n) is 4.26. The Kier molecular flexibility index (Phi) is 2.97. The number of hydrogen-bond acceptors (Lipinski definition) is 3. The minimum absolute atomic E-state index is 0.556. The van der Waals surface area contributed by atoms with Crippen LogP contribution in [0.25, 0.3) is 10.9 Å². The molecule has 0 saturated heterocycles. The molecule has 2 rings (SSSR count). The molecule has 0 radical (unpaired) electrons. The largest absolute Gasteiger partial charge is 0.256 e. The third-order valence-electron chi connectivity index (χ3n) is 2.66. The van der Waals surface area contributed by atoms with Crippen LogP contribution in [-0.2, 0) is 10.3 Å². The summed E-state index contributed by atoms with van der Waals surface area (Å²) in [4.78, 5) is 18.6. The van der Waals surface area contributed by atoms with Crippen LogP contribution in [0.2, 0.25) is 5.02 Å². The predicted octanol–water partition coefficient (Wildman–Crippen LogP) is 3.46. The lowest BCUT2D eigenvalue weighted by molar-refractivity contribution is 0.525. The van der Waals surface area contributed by atoms with Gasteiger partial charge in [0.25, 0.3) is 0 Å². The van der Waals surface area contributed by atoms with Crippen molar-refractivity contribution >= 4 is 28.6 Å². The van der Waals surface area contributed by atoms with E-state index < -0.39 is 5.54 Å². The maximum absolute atomic E-state index is 10.5. The van der Waals surface area contributed by atoms with E-state index in [1.54, 1.807) is 18.3 Å². The lowest BCUT2D eigenvalue weighted by Gasteiger charge is -2.20. The molecule has 17 heavy (non-hydrogen) atoms. The van der Waals surface area contributed by atoms with E-state index in [1.807, 2.05) is 32.0 Å². The number of pyridine rings is 1. The third-order valence-corrected chi connectivity index (χ3v) is 2.98. The Morgan fingerprint density at radius 3 is 2.82 bits per heavy atom. The van der Waals surface area contributed by atoms with E-state index in [0.29, 0.717) is 5.02 Å². The molecule has 4 heteroatoms. The summed E-state index contributed by atoms with van der Waals surface area (Å²) in [5.74, 6) is 0. The molecule has 0 spiro atoms. The van der Waals surface area contributed by atoms with Gasteiger partial charge in [-0.3, -0.25) is 4.98 Å². The van der Waals surface area contributed by atoms with Crippen LogP contribution < -0.4 is 0 Å². The molecule has 1 aromatic heterocycles. The van der Waals surface area contributed by atoms with E-state index in [-0.39, 0.29) is 0 Å². The summed E-state index contributed by atoms with van der Waals surface area (Å²) in [6.07, 6.45) is 3.28. The van der Waals surface area contributed by atoms with Gasteiger partial charge in [0.05, 0.1) is 11.1 Å². The maximum Gasteiger partial charge on any atom is 0.235 e. The zero-order chi connectivity index (χ0) is 12.5. The lowest BCUT2D eigenvalue weighted by atomic mass is 9.92. The highest BCUT2D eigenvalue weighted by molar-refractivity contribution is 6.32. The monoisotopic (exact) mass is 246 g/mol. The number of benzene rings is 1. The van der Waals surface area contributed by atoms with E-state index in [4.69, 9.17) is 11.6 Å². The molecule has 2 aromatic rings. The van der Waals surface area contributed by atoms with Gasteiger partial charge in [-0.2, -0.15) is 4.99 Å². The van der Waals surface area contributed by atoms with Crippen molar-refractivity contribution in [2.24, 2.45) is 4.99 Å². The van der Waals surface area contributed by atoms with Gasteiger partial charge in [-0.1, -0.05) is 23.7 Å². The number of carbonyl (C=O) groups excluding carboxylic acids is 1. The highest BCUT2D eigenvalue weighted by atomic mass is 35.5. The number of rotatable bonds is 2. The highest BCUT2D eigenvalue weighted by Crippen LogP contribution is 2.35. The molecule has 0 aliphatic heterocycles. The SMILES string of the molecule is CC(C)(N=C=O)c1c(Cl)ccc2cccnc12. The van der Waals surface area contributed by atoms with Crippen molar-refractivity contribution in [3.63, 3.8) is 0 Å². The zero-order valence-corrected chi connectivity index (χ0v) is 10.3. The summed E-state index contributed by atoms with van der Waals surface area (Å²) in [7, 11) is 0. The second-order valence-corrected chi connectivity index (χ2v) is 4.67. The molecule has 0 saturated carbocycles. The molecule has 0 aliphatic carbocycles. The number of aromatic nitrogens is 1. The second kappa shape index (κ2) is 4.28. The first-order valence-corrected chi connectivity index (χ1v) is 5.57. The van der Waals surface area contributed by atoms with Gasteiger partial charge in [-0.15, -0.1) is 0 Å². The van der Waals surface area contributed by atoms with Gasteiger partial charge < -0.3 is 0 Å². The normalized spacial score (nSPS) is 11.2. The van der Waals surface area contributed by atoms with Crippen molar-refractivity contribution in [3.8, 4) is 0 Å². The smallest absolute Gasteiger partial charge is 0.235 e. The first-order valence-electron chi connectivity index (χ1n) is 5.19. The van der Waals surface area contributed by atoms with Gasteiger partial charge in [0, 0.05) is 22.2 Å². The Hall–Kier alpha value is -1.70. The van der Waals surface area contributed by atoms with E-state index in [1.165, 1.54) is 0 Å². The van der Waals surface area contributed by atoms with E-state index in [0.717, 1.165) is 16.5 Å². The number of isocyanates is 1. The van der Waals surface area contributed by atoms with Crippen LogP contribution >= 0.6 is 11.6 Å². The maximum atomic E-state index is 10.5. The van der Waals surface area contributed by atoms with Gasteiger partial charge in [0.2, 0.25) is 6.08 Å². The van der Waals surface area contributed by atoms with Gasteiger partial charge in [-0.05, 0) is 26.0 Å². The van der Waals surface area contributed by atoms with Crippen LogP contribution in [0.4, 0.5) is 0 Å². The summed E-state index contributed by atoms with van der Waals surface area (Å²) in [6, 6.07) is 7.50. The average Bonchev–Trinajstić information content (AvgIpc) is 2.28. The van der Waals surface area contributed by atoms with E-state index in [9.17, 15) is 4.79 Å². The Bertz CT molecular complexity index is 616. The first kappa shape index (κ1) is 11.8. The quantitative estimate of drug-likeness (QED) is 0.602. The molecule has 0 fully saturated rings.